The maximum atomic E-state index is 11.6. The van der Waals surface area contributed by atoms with Crippen molar-refractivity contribution in [2.45, 2.75) is 46.2 Å². The lowest BCUT2D eigenvalue weighted by Gasteiger charge is -2.30. The summed E-state index contributed by atoms with van der Waals surface area (Å²) >= 11 is 0. The van der Waals surface area contributed by atoms with Crippen LogP contribution in [0, 0.1) is 5.92 Å². The molecule has 0 spiro atoms. The second-order valence-electron chi connectivity index (χ2n) is 5.08. The molecule has 13 heavy (non-hydrogen) atoms. The Morgan fingerprint density at radius 2 is 2.00 bits per heavy atom. The van der Waals surface area contributed by atoms with Crippen LogP contribution in [0.1, 0.15) is 34.6 Å². The molecule has 2 amide bonds. The Morgan fingerprint density at radius 1 is 1.46 bits per heavy atom. The topological polar surface area (TPSA) is 32.3 Å². The number of amides is 2. The Bertz CT molecular complexity index is 205. The second kappa shape index (κ2) is 3.20. The van der Waals surface area contributed by atoms with Gasteiger partial charge in [0.15, 0.2) is 0 Å². The Hall–Kier alpha value is -0.730. The summed E-state index contributed by atoms with van der Waals surface area (Å²) in [6, 6.07) is 0.387. The lowest BCUT2D eigenvalue weighted by atomic mass is 10.0. The van der Waals surface area contributed by atoms with Crippen molar-refractivity contribution in [3.8, 4) is 0 Å². The number of carbonyl (C=O) groups is 1. The van der Waals surface area contributed by atoms with Crippen molar-refractivity contribution < 1.29 is 4.79 Å². The van der Waals surface area contributed by atoms with Gasteiger partial charge in [-0.3, -0.25) is 0 Å². The van der Waals surface area contributed by atoms with Crippen molar-refractivity contribution in [1.29, 1.82) is 0 Å². The monoisotopic (exact) mass is 184 g/mol. The predicted octanol–water partition coefficient (Wildman–Crippen LogP) is 1.83. The first-order chi connectivity index (χ1) is 5.82. The minimum absolute atomic E-state index is 0.0618. The maximum Gasteiger partial charge on any atom is 0.318 e. The molecule has 1 heterocycles. The van der Waals surface area contributed by atoms with E-state index in [0.717, 1.165) is 6.54 Å². The first kappa shape index (κ1) is 10.4. The van der Waals surface area contributed by atoms with Crippen LogP contribution >= 0.6 is 0 Å². The van der Waals surface area contributed by atoms with Crippen LogP contribution in [-0.4, -0.2) is 29.1 Å². The summed E-state index contributed by atoms with van der Waals surface area (Å²) in [4.78, 5) is 13.5. The number of hydrogen-bond acceptors (Lipinski definition) is 1. The van der Waals surface area contributed by atoms with Gasteiger partial charge in [0.05, 0.1) is 6.04 Å². The van der Waals surface area contributed by atoms with Crippen LogP contribution < -0.4 is 5.32 Å². The highest BCUT2D eigenvalue weighted by atomic mass is 16.2. The Balaban J connectivity index is 2.67. The molecule has 0 bridgehead atoms. The van der Waals surface area contributed by atoms with Crippen LogP contribution in [0.3, 0.4) is 0 Å². The van der Waals surface area contributed by atoms with E-state index in [1.165, 1.54) is 0 Å². The maximum absolute atomic E-state index is 11.6. The van der Waals surface area contributed by atoms with E-state index < -0.39 is 0 Å². The van der Waals surface area contributed by atoms with Crippen molar-refractivity contribution in [1.82, 2.24) is 10.2 Å². The average molecular weight is 184 g/mol. The fraction of sp³-hybridized carbons (Fsp3) is 0.900. The van der Waals surface area contributed by atoms with Gasteiger partial charge in [-0.2, -0.15) is 0 Å². The van der Waals surface area contributed by atoms with Crippen molar-refractivity contribution >= 4 is 6.03 Å². The standard InChI is InChI=1S/C10H20N2O/c1-7(2)8-6-12(9(13)11-8)10(3,4)5/h7-8H,6H2,1-5H3,(H,11,13)/t8-/m0/s1. The summed E-state index contributed by atoms with van der Waals surface area (Å²) in [6.45, 7) is 11.3. The summed E-state index contributed by atoms with van der Waals surface area (Å²) in [5.74, 6) is 0.510. The van der Waals surface area contributed by atoms with Crippen molar-refractivity contribution in [3.05, 3.63) is 0 Å². The molecule has 1 aliphatic rings. The Kier molecular flexibility index (Phi) is 2.55. The number of hydrogen-bond donors (Lipinski definition) is 1. The summed E-state index contributed by atoms with van der Waals surface area (Å²) in [7, 11) is 0. The number of nitrogens with one attached hydrogen (secondary N) is 1. The quantitative estimate of drug-likeness (QED) is 0.662. The average Bonchev–Trinajstić information content (AvgIpc) is 2.29. The zero-order valence-corrected chi connectivity index (χ0v) is 9.22. The van der Waals surface area contributed by atoms with Crippen LogP contribution in [0.4, 0.5) is 4.79 Å². The SMILES string of the molecule is CC(C)[C@@H]1CN(C(C)(C)C)C(=O)N1. The van der Waals surface area contributed by atoms with E-state index in [2.05, 4.69) is 39.9 Å². The normalized spacial score (nSPS) is 24.0. The molecule has 3 nitrogen and oxygen atoms in total. The molecular weight excluding hydrogens is 164 g/mol. The van der Waals surface area contributed by atoms with Crippen molar-refractivity contribution in [2.24, 2.45) is 5.92 Å². The lowest BCUT2D eigenvalue weighted by molar-refractivity contribution is 0.168. The van der Waals surface area contributed by atoms with Gasteiger partial charge in [-0.15, -0.1) is 0 Å². The Labute approximate surface area is 80.5 Å². The third-order valence-electron chi connectivity index (χ3n) is 2.55. The van der Waals surface area contributed by atoms with E-state index in [0.29, 0.717) is 12.0 Å². The zero-order chi connectivity index (χ0) is 10.2. The van der Waals surface area contributed by atoms with Crippen LogP contribution in [0.5, 0.6) is 0 Å². The number of carbonyl (C=O) groups excluding carboxylic acids is 1. The highest BCUT2D eigenvalue weighted by Crippen LogP contribution is 2.20. The van der Waals surface area contributed by atoms with Gasteiger partial charge >= 0.3 is 6.03 Å². The summed E-state index contributed by atoms with van der Waals surface area (Å²) in [5.41, 5.74) is -0.0618. The van der Waals surface area contributed by atoms with E-state index >= 15 is 0 Å². The van der Waals surface area contributed by atoms with Crippen LogP contribution in [0.2, 0.25) is 0 Å². The molecule has 0 aromatic heterocycles. The van der Waals surface area contributed by atoms with Crippen molar-refractivity contribution in [2.75, 3.05) is 6.54 Å². The minimum atomic E-state index is -0.0618. The summed E-state index contributed by atoms with van der Waals surface area (Å²) < 4.78 is 0. The molecule has 76 valence electrons. The molecule has 1 aliphatic heterocycles. The highest BCUT2D eigenvalue weighted by Gasteiger charge is 2.36. The van der Waals surface area contributed by atoms with Gasteiger partial charge in [0, 0.05) is 12.1 Å². The van der Waals surface area contributed by atoms with E-state index in [-0.39, 0.29) is 11.6 Å². The smallest absolute Gasteiger partial charge is 0.318 e. The lowest BCUT2D eigenvalue weighted by Crippen LogP contribution is -2.43. The summed E-state index contributed by atoms with van der Waals surface area (Å²) in [6.07, 6.45) is 0. The second-order valence-corrected chi connectivity index (χ2v) is 5.08. The molecule has 0 radical (unpaired) electrons. The van der Waals surface area contributed by atoms with E-state index in [9.17, 15) is 4.79 Å². The molecule has 1 atom stereocenters. The van der Waals surface area contributed by atoms with Gasteiger partial charge in [0.1, 0.15) is 0 Å². The third kappa shape index (κ3) is 2.14. The highest BCUT2D eigenvalue weighted by molar-refractivity contribution is 5.77. The molecule has 1 N–H and O–H groups in total. The van der Waals surface area contributed by atoms with Gasteiger partial charge < -0.3 is 10.2 Å². The molecule has 0 aromatic rings. The zero-order valence-electron chi connectivity index (χ0n) is 9.22. The van der Waals surface area contributed by atoms with Crippen LogP contribution in [0.25, 0.3) is 0 Å². The van der Waals surface area contributed by atoms with Crippen LogP contribution in [0.15, 0.2) is 0 Å². The van der Waals surface area contributed by atoms with E-state index in [1.54, 1.807) is 0 Å². The molecule has 1 rings (SSSR count). The first-order valence-corrected chi connectivity index (χ1v) is 4.90. The number of rotatable bonds is 1. The minimum Gasteiger partial charge on any atom is -0.333 e. The first-order valence-electron chi connectivity index (χ1n) is 4.90. The third-order valence-corrected chi connectivity index (χ3v) is 2.55. The molecule has 0 unspecified atom stereocenters. The van der Waals surface area contributed by atoms with Crippen molar-refractivity contribution in [3.63, 3.8) is 0 Å². The molecule has 0 aromatic carbocycles. The largest absolute Gasteiger partial charge is 0.333 e. The van der Waals surface area contributed by atoms with Gasteiger partial charge in [0.2, 0.25) is 0 Å². The molecule has 1 saturated heterocycles. The van der Waals surface area contributed by atoms with E-state index in [1.807, 2.05) is 4.90 Å². The molecular formula is C10H20N2O. The van der Waals surface area contributed by atoms with E-state index in [4.69, 9.17) is 0 Å². The fourth-order valence-corrected chi connectivity index (χ4v) is 1.52. The predicted molar refractivity (Wildman–Crippen MR) is 53.6 cm³/mol. The van der Waals surface area contributed by atoms with Gasteiger partial charge in [-0.1, -0.05) is 13.8 Å². The van der Waals surface area contributed by atoms with Crippen LogP contribution in [-0.2, 0) is 0 Å². The van der Waals surface area contributed by atoms with Gasteiger partial charge in [0.25, 0.3) is 0 Å². The molecule has 0 aliphatic carbocycles. The number of nitrogens with zero attached hydrogens (tertiary/aromatic N) is 1. The molecule has 1 fully saturated rings. The van der Waals surface area contributed by atoms with Gasteiger partial charge in [-0.25, -0.2) is 4.79 Å². The summed E-state index contributed by atoms with van der Waals surface area (Å²) in [5, 5.41) is 3.00. The van der Waals surface area contributed by atoms with Gasteiger partial charge in [-0.05, 0) is 26.7 Å². The molecule has 0 saturated carbocycles. The number of urea groups is 1. The molecule has 3 heteroatoms. The Morgan fingerprint density at radius 3 is 2.23 bits per heavy atom. The fourth-order valence-electron chi connectivity index (χ4n) is 1.52.